The molecular formula is C21H28N2S2. The van der Waals surface area contributed by atoms with E-state index in [0.29, 0.717) is 11.6 Å². The zero-order valence-corrected chi connectivity index (χ0v) is 17.4. The summed E-state index contributed by atoms with van der Waals surface area (Å²) in [6, 6.07) is 5.98. The summed E-state index contributed by atoms with van der Waals surface area (Å²) in [7, 11) is 0. The highest BCUT2D eigenvalue weighted by molar-refractivity contribution is 7.12. The molecule has 1 atom stereocenters. The average molecular weight is 373 g/mol. The molecule has 2 aromatic heterocycles. The van der Waals surface area contributed by atoms with E-state index in [9.17, 15) is 0 Å². The molecule has 1 aliphatic rings. The summed E-state index contributed by atoms with van der Waals surface area (Å²) < 4.78 is 0. The van der Waals surface area contributed by atoms with Gasteiger partial charge in [-0.3, -0.25) is 0 Å². The molecular weight excluding hydrogens is 344 g/mol. The largest absolute Gasteiger partial charge is 0.319 e. The lowest BCUT2D eigenvalue weighted by Crippen LogP contribution is -2.34. The lowest BCUT2D eigenvalue weighted by atomic mass is 9.85. The van der Waals surface area contributed by atoms with Gasteiger partial charge in [0.15, 0.2) is 0 Å². The smallest absolute Gasteiger partial charge is 0.0742 e. The Labute approximate surface area is 159 Å². The van der Waals surface area contributed by atoms with Gasteiger partial charge in [0.2, 0.25) is 0 Å². The first-order valence-electron chi connectivity index (χ1n) is 8.86. The lowest BCUT2D eigenvalue weighted by molar-refractivity contribution is 0.648. The number of nitrogens with two attached hydrogens (primary N) is 1. The third kappa shape index (κ3) is 4.38. The van der Waals surface area contributed by atoms with Gasteiger partial charge in [-0.05, 0) is 64.9 Å². The second kappa shape index (κ2) is 8.75. The Morgan fingerprint density at radius 2 is 1.92 bits per heavy atom. The molecule has 2 nitrogen and oxygen atoms in total. The molecule has 0 spiro atoms. The Bertz CT molecular complexity index is 777. The predicted octanol–water partition coefficient (Wildman–Crippen LogP) is 6.25. The average Bonchev–Trinajstić information content (AvgIpc) is 3.25. The summed E-state index contributed by atoms with van der Waals surface area (Å²) in [5.74, 6) is 0.649. The SMILES string of the molecule is CC.CC1=C(c2cc(CC(C)C)cs2)C(N)C(=N)C(c2cccs2)=C1. The summed E-state index contributed by atoms with van der Waals surface area (Å²) in [6.07, 6.45) is 3.21. The van der Waals surface area contributed by atoms with Gasteiger partial charge in [-0.15, -0.1) is 22.7 Å². The Balaban J connectivity index is 0.00000109. The molecule has 0 aliphatic heterocycles. The molecule has 2 aromatic rings. The monoisotopic (exact) mass is 372 g/mol. The fourth-order valence-corrected chi connectivity index (χ4v) is 4.84. The molecule has 0 bridgehead atoms. The van der Waals surface area contributed by atoms with E-state index in [1.807, 2.05) is 25.3 Å². The molecule has 0 saturated carbocycles. The van der Waals surface area contributed by atoms with Crippen molar-refractivity contribution >= 4 is 39.5 Å². The molecule has 0 aromatic carbocycles. The van der Waals surface area contributed by atoms with Crippen LogP contribution in [0.1, 0.15) is 49.9 Å². The van der Waals surface area contributed by atoms with Crippen LogP contribution in [0.4, 0.5) is 0 Å². The Kier molecular flexibility index (Phi) is 6.94. The van der Waals surface area contributed by atoms with Gasteiger partial charge in [0.1, 0.15) is 0 Å². The second-order valence-electron chi connectivity index (χ2n) is 6.44. The minimum absolute atomic E-state index is 0.345. The van der Waals surface area contributed by atoms with E-state index in [1.54, 1.807) is 22.7 Å². The summed E-state index contributed by atoms with van der Waals surface area (Å²) in [6.45, 7) is 10.6. The second-order valence-corrected chi connectivity index (χ2v) is 8.30. The zero-order valence-electron chi connectivity index (χ0n) is 15.7. The van der Waals surface area contributed by atoms with Gasteiger partial charge in [0.25, 0.3) is 0 Å². The number of allylic oxidation sites excluding steroid dienone is 2. The first-order chi connectivity index (χ1) is 12.0. The molecule has 4 heteroatoms. The molecule has 134 valence electrons. The first kappa shape index (κ1) is 19.8. The van der Waals surface area contributed by atoms with E-state index in [2.05, 4.69) is 44.4 Å². The maximum Gasteiger partial charge on any atom is 0.0742 e. The molecule has 1 unspecified atom stereocenters. The van der Waals surface area contributed by atoms with Crippen LogP contribution in [0, 0.1) is 11.3 Å². The third-order valence-electron chi connectivity index (χ3n) is 4.05. The normalized spacial score (nSPS) is 17.5. The van der Waals surface area contributed by atoms with E-state index in [0.717, 1.165) is 22.4 Å². The minimum Gasteiger partial charge on any atom is -0.319 e. The fourth-order valence-electron chi connectivity index (χ4n) is 3.01. The summed E-state index contributed by atoms with van der Waals surface area (Å²) in [5, 5.41) is 12.8. The van der Waals surface area contributed by atoms with Crippen molar-refractivity contribution in [2.45, 2.75) is 47.1 Å². The van der Waals surface area contributed by atoms with Crippen molar-refractivity contribution < 1.29 is 0 Å². The van der Waals surface area contributed by atoms with Crippen LogP contribution in [0.15, 0.2) is 40.6 Å². The highest BCUT2D eigenvalue weighted by atomic mass is 32.1. The first-order valence-corrected chi connectivity index (χ1v) is 10.6. The quantitative estimate of drug-likeness (QED) is 0.654. The van der Waals surface area contributed by atoms with E-state index in [1.165, 1.54) is 16.0 Å². The van der Waals surface area contributed by atoms with Crippen molar-refractivity contribution in [3.8, 4) is 0 Å². The highest BCUT2D eigenvalue weighted by Crippen LogP contribution is 2.36. The van der Waals surface area contributed by atoms with Gasteiger partial charge >= 0.3 is 0 Å². The summed E-state index contributed by atoms with van der Waals surface area (Å²) in [4.78, 5) is 2.33. The molecule has 3 N–H and O–H groups in total. The predicted molar refractivity (Wildman–Crippen MR) is 115 cm³/mol. The number of rotatable bonds is 4. The summed E-state index contributed by atoms with van der Waals surface area (Å²) >= 11 is 3.41. The van der Waals surface area contributed by atoms with Crippen molar-refractivity contribution in [1.29, 1.82) is 5.41 Å². The standard InChI is InChI=1S/C19H22N2S2.C2H6/c1-11(2)7-13-9-16(23-10-13)17-12(3)8-14(18(20)19(17)21)15-5-4-6-22-15;1-2/h4-6,8-11,19-20H,7,21H2,1-3H3;1-2H3. The molecule has 0 radical (unpaired) electrons. The van der Waals surface area contributed by atoms with Gasteiger partial charge in [-0.25, -0.2) is 0 Å². The van der Waals surface area contributed by atoms with Crippen LogP contribution in [0.3, 0.4) is 0 Å². The molecule has 0 saturated heterocycles. The van der Waals surface area contributed by atoms with Crippen LogP contribution in [-0.2, 0) is 6.42 Å². The zero-order chi connectivity index (χ0) is 18.6. The van der Waals surface area contributed by atoms with Crippen molar-refractivity contribution in [1.82, 2.24) is 0 Å². The fraction of sp³-hybridized carbons (Fsp3) is 0.381. The van der Waals surface area contributed by atoms with Crippen LogP contribution in [-0.4, -0.2) is 11.8 Å². The van der Waals surface area contributed by atoms with Crippen LogP contribution >= 0.6 is 22.7 Å². The van der Waals surface area contributed by atoms with Crippen molar-refractivity contribution in [3.05, 3.63) is 55.9 Å². The number of hydrogen-bond donors (Lipinski definition) is 2. The molecule has 0 fully saturated rings. The van der Waals surface area contributed by atoms with Gasteiger partial charge in [0.05, 0.1) is 11.8 Å². The van der Waals surface area contributed by atoms with E-state index in [-0.39, 0.29) is 6.04 Å². The topological polar surface area (TPSA) is 49.9 Å². The van der Waals surface area contributed by atoms with Crippen LogP contribution in [0.5, 0.6) is 0 Å². The maximum absolute atomic E-state index is 8.50. The van der Waals surface area contributed by atoms with Gasteiger partial charge in [0, 0.05) is 15.3 Å². The summed E-state index contributed by atoms with van der Waals surface area (Å²) in [5.41, 5.74) is 11.6. The Morgan fingerprint density at radius 1 is 1.20 bits per heavy atom. The molecule has 25 heavy (non-hydrogen) atoms. The highest BCUT2D eigenvalue weighted by Gasteiger charge is 2.27. The minimum atomic E-state index is -0.345. The van der Waals surface area contributed by atoms with Crippen LogP contribution in [0.2, 0.25) is 0 Å². The number of nitrogens with one attached hydrogen (secondary N) is 1. The van der Waals surface area contributed by atoms with E-state index in [4.69, 9.17) is 11.1 Å². The third-order valence-corrected chi connectivity index (χ3v) is 5.96. The Hall–Kier alpha value is -1.49. The molecule has 2 heterocycles. The number of thiophene rings is 2. The lowest BCUT2D eigenvalue weighted by Gasteiger charge is -2.24. The molecule has 1 aliphatic carbocycles. The number of hydrogen-bond acceptors (Lipinski definition) is 4. The van der Waals surface area contributed by atoms with Crippen molar-refractivity contribution in [2.24, 2.45) is 11.7 Å². The Morgan fingerprint density at radius 3 is 2.52 bits per heavy atom. The van der Waals surface area contributed by atoms with Gasteiger partial charge < -0.3 is 11.1 Å². The van der Waals surface area contributed by atoms with E-state index >= 15 is 0 Å². The van der Waals surface area contributed by atoms with Gasteiger partial charge in [-0.1, -0.05) is 33.8 Å². The van der Waals surface area contributed by atoms with Crippen LogP contribution in [0.25, 0.3) is 11.1 Å². The molecule has 3 rings (SSSR count). The van der Waals surface area contributed by atoms with Crippen molar-refractivity contribution in [3.63, 3.8) is 0 Å². The van der Waals surface area contributed by atoms with Crippen LogP contribution < -0.4 is 5.73 Å². The van der Waals surface area contributed by atoms with Gasteiger partial charge in [-0.2, -0.15) is 0 Å². The van der Waals surface area contributed by atoms with Crippen molar-refractivity contribution in [2.75, 3.05) is 0 Å². The van der Waals surface area contributed by atoms with E-state index < -0.39 is 0 Å². The molecule has 0 amide bonds. The maximum atomic E-state index is 8.50.